The second-order valence-corrected chi connectivity index (χ2v) is 10.2. The molecule has 1 aromatic heterocycles. The van der Waals surface area contributed by atoms with Gasteiger partial charge in [0.25, 0.3) is 0 Å². The highest BCUT2D eigenvalue weighted by Crippen LogP contribution is 2.48. The van der Waals surface area contributed by atoms with E-state index in [1.165, 1.54) is 18.2 Å². The van der Waals surface area contributed by atoms with E-state index >= 15 is 0 Å². The minimum Gasteiger partial charge on any atom is -0.491 e. The summed E-state index contributed by atoms with van der Waals surface area (Å²) in [5, 5.41) is 0. The molecular weight excluding hydrogens is 550 g/mol. The van der Waals surface area contributed by atoms with Gasteiger partial charge in [-0.15, -0.1) is 0 Å². The molecule has 33 heavy (non-hydrogen) atoms. The molecule has 0 radical (unpaired) electrons. The highest BCUT2D eigenvalue weighted by molar-refractivity contribution is 9.11. The number of aryl methyl sites for hydroxylation is 1. The number of fused-ring (bicyclic) bond motifs is 1. The van der Waals surface area contributed by atoms with Crippen molar-refractivity contribution in [3.8, 4) is 5.75 Å². The predicted molar refractivity (Wildman–Crippen MR) is 135 cm³/mol. The summed E-state index contributed by atoms with van der Waals surface area (Å²) in [5.41, 5.74) is 4.38. The van der Waals surface area contributed by atoms with Crippen LogP contribution >= 0.6 is 31.9 Å². The number of methoxy groups -OCH3 is 1. The van der Waals surface area contributed by atoms with Crippen molar-refractivity contribution in [2.75, 3.05) is 13.7 Å². The van der Waals surface area contributed by atoms with Gasteiger partial charge in [-0.05, 0) is 94.0 Å². The number of carbonyl (C=O) groups excluding carboxylic acids is 1. The maximum atomic E-state index is 12.3. The van der Waals surface area contributed by atoms with Crippen molar-refractivity contribution in [3.05, 3.63) is 61.7 Å². The van der Waals surface area contributed by atoms with Crippen LogP contribution in [0, 0.1) is 12.8 Å². The number of allylic oxidation sites excluding steroid dienone is 4. The van der Waals surface area contributed by atoms with E-state index in [4.69, 9.17) is 18.9 Å². The lowest BCUT2D eigenvalue weighted by Crippen LogP contribution is -2.21. The Morgan fingerprint density at radius 3 is 2.85 bits per heavy atom. The number of rotatable bonds is 8. The molecule has 4 rings (SSSR count). The lowest BCUT2D eigenvalue weighted by atomic mass is 9.85. The van der Waals surface area contributed by atoms with E-state index in [0.717, 1.165) is 63.8 Å². The molecule has 0 fully saturated rings. The summed E-state index contributed by atoms with van der Waals surface area (Å²) in [4.78, 5) is 17.0. The van der Waals surface area contributed by atoms with Gasteiger partial charge in [0.05, 0.1) is 34.3 Å². The quantitative estimate of drug-likeness (QED) is 0.313. The van der Waals surface area contributed by atoms with Crippen molar-refractivity contribution >= 4 is 43.4 Å². The van der Waals surface area contributed by atoms with Crippen molar-refractivity contribution in [1.82, 2.24) is 4.98 Å². The van der Waals surface area contributed by atoms with Gasteiger partial charge in [0.15, 0.2) is 0 Å². The van der Waals surface area contributed by atoms with Gasteiger partial charge < -0.3 is 13.9 Å². The van der Waals surface area contributed by atoms with Crippen molar-refractivity contribution in [1.29, 1.82) is 0 Å². The van der Waals surface area contributed by atoms with Crippen LogP contribution in [-0.4, -0.2) is 24.7 Å². The number of halogens is 2. The molecule has 5 nitrogen and oxygen atoms in total. The fourth-order valence-corrected chi connectivity index (χ4v) is 6.40. The summed E-state index contributed by atoms with van der Waals surface area (Å²) in [6, 6.07) is 2.11. The number of hydrogen-bond donors (Lipinski definition) is 0. The zero-order valence-corrected chi connectivity index (χ0v) is 22.4. The molecule has 2 atom stereocenters. The lowest BCUT2D eigenvalue weighted by molar-refractivity contribution is -0.146. The first-order valence-corrected chi connectivity index (χ1v) is 13.1. The number of benzene rings is 1. The minimum atomic E-state index is -0.134. The Kier molecular flexibility index (Phi) is 7.80. The summed E-state index contributed by atoms with van der Waals surface area (Å²) >= 11 is 7.46. The van der Waals surface area contributed by atoms with Gasteiger partial charge >= 0.3 is 5.97 Å². The summed E-state index contributed by atoms with van der Waals surface area (Å²) in [7, 11) is 1.46. The van der Waals surface area contributed by atoms with Crippen LogP contribution in [0.15, 0.2) is 37.7 Å². The van der Waals surface area contributed by atoms with Crippen LogP contribution in [0.3, 0.4) is 0 Å². The third-order valence-corrected chi connectivity index (χ3v) is 7.99. The van der Waals surface area contributed by atoms with Crippen LogP contribution in [-0.2, 0) is 22.4 Å². The normalized spacial score (nSPS) is 18.1. The molecule has 2 unspecified atom stereocenters. The average Bonchev–Trinajstić information content (AvgIpc) is 3.40. The molecule has 2 aromatic rings. The van der Waals surface area contributed by atoms with E-state index in [1.807, 2.05) is 13.8 Å². The van der Waals surface area contributed by atoms with E-state index in [-0.39, 0.29) is 17.8 Å². The van der Waals surface area contributed by atoms with Crippen LogP contribution in [0.5, 0.6) is 5.75 Å². The van der Waals surface area contributed by atoms with Crippen molar-refractivity contribution < 1.29 is 18.7 Å². The maximum absolute atomic E-state index is 12.3. The molecule has 0 saturated carbocycles. The molecule has 2 aliphatic carbocycles. The lowest BCUT2D eigenvalue weighted by Gasteiger charge is -2.22. The van der Waals surface area contributed by atoms with Crippen LogP contribution in [0.2, 0.25) is 0 Å². The second kappa shape index (κ2) is 10.6. The van der Waals surface area contributed by atoms with E-state index in [2.05, 4.69) is 56.2 Å². The monoisotopic (exact) mass is 577 g/mol. The third kappa shape index (κ3) is 4.99. The number of carbonyl (C=O) groups is 1. The number of aromatic nitrogens is 1. The van der Waals surface area contributed by atoms with Gasteiger partial charge in [-0.1, -0.05) is 25.2 Å². The van der Waals surface area contributed by atoms with Crippen LogP contribution < -0.4 is 4.74 Å². The average molecular weight is 579 g/mol. The van der Waals surface area contributed by atoms with Crippen molar-refractivity contribution in [3.63, 3.8) is 0 Å². The molecule has 0 aliphatic heterocycles. The molecular formula is C26H29Br2NO4. The number of nitrogens with zero attached hydrogens (tertiary/aromatic N) is 1. The molecule has 176 valence electrons. The van der Waals surface area contributed by atoms with E-state index in [0.29, 0.717) is 18.9 Å². The van der Waals surface area contributed by atoms with E-state index < -0.39 is 0 Å². The fraction of sp³-hybridized carbons (Fsp3) is 0.462. The third-order valence-electron chi connectivity index (χ3n) is 6.57. The first-order valence-electron chi connectivity index (χ1n) is 11.5. The Labute approximate surface area is 211 Å². The molecule has 7 heteroatoms. The molecule has 1 heterocycles. The smallest absolute Gasteiger partial charge is 0.309 e. The minimum absolute atomic E-state index is 0.125. The Balaban J connectivity index is 1.47. The van der Waals surface area contributed by atoms with Crippen molar-refractivity contribution in [2.45, 2.75) is 58.3 Å². The summed E-state index contributed by atoms with van der Waals surface area (Å²) in [5.74, 6) is 2.21. The highest BCUT2D eigenvalue weighted by Gasteiger charge is 2.36. The summed E-state index contributed by atoms with van der Waals surface area (Å²) in [6.07, 6.45) is 11.7. The SMILES string of the molecule is CCC(C(=O)OC)C1CCc2c1cc(Br)c(OCCc1nc(C3=CCCC=C3)oc1C)c2Br. The van der Waals surface area contributed by atoms with Crippen LogP contribution in [0.4, 0.5) is 0 Å². The van der Waals surface area contributed by atoms with Crippen molar-refractivity contribution in [2.24, 2.45) is 5.92 Å². The number of oxazole rings is 1. The second-order valence-electron chi connectivity index (χ2n) is 8.51. The van der Waals surface area contributed by atoms with Gasteiger partial charge in [0, 0.05) is 12.0 Å². The summed E-state index contributed by atoms with van der Waals surface area (Å²) in [6.45, 7) is 4.48. The Hall–Kier alpha value is -1.86. The maximum Gasteiger partial charge on any atom is 0.309 e. The van der Waals surface area contributed by atoms with Gasteiger partial charge in [0.1, 0.15) is 11.5 Å². The topological polar surface area (TPSA) is 61.6 Å². The standard InChI is InChI=1S/C26H29Br2NO4/c1-4-17(26(30)31-3)18-10-11-19-20(18)14-21(27)24(23(19)28)32-13-12-22-15(2)33-25(29-22)16-8-6-5-7-9-16/h6,8-9,14,17-18H,4-5,7,10-13H2,1-3H3. The highest BCUT2D eigenvalue weighted by atomic mass is 79.9. The zero-order chi connectivity index (χ0) is 23.5. The van der Waals surface area contributed by atoms with Gasteiger partial charge in [-0.25, -0.2) is 4.98 Å². The van der Waals surface area contributed by atoms with Gasteiger partial charge in [-0.3, -0.25) is 4.79 Å². The van der Waals surface area contributed by atoms with Crippen LogP contribution in [0.1, 0.15) is 67.0 Å². The summed E-state index contributed by atoms with van der Waals surface area (Å²) < 4.78 is 19.0. The molecule has 0 bridgehead atoms. The Bertz CT molecular complexity index is 1100. The first kappa shape index (κ1) is 24.3. The number of esters is 1. The van der Waals surface area contributed by atoms with E-state index in [1.54, 1.807) is 0 Å². The van der Waals surface area contributed by atoms with Gasteiger partial charge in [-0.2, -0.15) is 0 Å². The Morgan fingerprint density at radius 1 is 1.33 bits per heavy atom. The molecule has 0 amide bonds. The molecule has 0 N–H and O–H groups in total. The number of ether oxygens (including phenoxy) is 2. The molecule has 1 aromatic carbocycles. The predicted octanol–water partition coefficient (Wildman–Crippen LogP) is 7.09. The van der Waals surface area contributed by atoms with Gasteiger partial charge in [0.2, 0.25) is 5.89 Å². The molecule has 2 aliphatic rings. The largest absolute Gasteiger partial charge is 0.491 e. The first-order chi connectivity index (χ1) is 15.9. The van der Waals surface area contributed by atoms with Crippen LogP contribution in [0.25, 0.3) is 5.57 Å². The molecule has 0 spiro atoms. The zero-order valence-electron chi connectivity index (χ0n) is 19.2. The number of hydrogen-bond acceptors (Lipinski definition) is 5. The Morgan fingerprint density at radius 2 is 2.15 bits per heavy atom. The molecule has 0 saturated heterocycles. The van der Waals surface area contributed by atoms with E-state index in [9.17, 15) is 4.79 Å². The fourth-order valence-electron chi connectivity index (χ4n) is 4.82.